The van der Waals surface area contributed by atoms with Crippen LogP contribution in [0.2, 0.25) is 5.02 Å². The summed E-state index contributed by atoms with van der Waals surface area (Å²) >= 11 is 9.23. The lowest BCUT2D eigenvalue weighted by Crippen LogP contribution is -1.83. The fourth-order valence-electron chi connectivity index (χ4n) is 1.12. The third-order valence-corrected chi connectivity index (χ3v) is 2.63. The van der Waals surface area contributed by atoms with Crippen molar-refractivity contribution in [2.75, 3.05) is 0 Å². The molecular formula is C11H6BrClO3. The number of benzene rings is 1. The number of furan rings is 1. The SMILES string of the molecule is O=Cc1ccc(Oc2cc(Br)ccc2Cl)o1. The van der Waals surface area contributed by atoms with Gasteiger partial charge in [-0.15, -0.1) is 0 Å². The molecule has 0 N–H and O–H groups in total. The Morgan fingerprint density at radius 3 is 2.81 bits per heavy atom. The van der Waals surface area contributed by atoms with Crippen LogP contribution in [0.5, 0.6) is 11.7 Å². The van der Waals surface area contributed by atoms with E-state index in [0.717, 1.165) is 4.47 Å². The van der Waals surface area contributed by atoms with E-state index in [0.29, 0.717) is 17.1 Å². The molecule has 16 heavy (non-hydrogen) atoms. The molecule has 0 aliphatic heterocycles. The Balaban J connectivity index is 2.26. The van der Waals surface area contributed by atoms with Crippen LogP contribution in [0.3, 0.4) is 0 Å². The maximum absolute atomic E-state index is 10.4. The number of rotatable bonds is 3. The van der Waals surface area contributed by atoms with Crippen LogP contribution >= 0.6 is 27.5 Å². The Bertz CT molecular complexity index is 522. The molecule has 0 radical (unpaired) electrons. The van der Waals surface area contributed by atoms with Crippen molar-refractivity contribution in [3.63, 3.8) is 0 Å². The van der Waals surface area contributed by atoms with Gasteiger partial charge in [-0.05, 0) is 24.3 Å². The van der Waals surface area contributed by atoms with E-state index in [1.807, 2.05) is 0 Å². The highest BCUT2D eigenvalue weighted by atomic mass is 79.9. The van der Waals surface area contributed by atoms with Gasteiger partial charge in [-0.1, -0.05) is 27.5 Å². The highest BCUT2D eigenvalue weighted by Gasteiger charge is 2.07. The van der Waals surface area contributed by atoms with Crippen LogP contribution in [0.4, 0.5) is 0 Å². The number of carbonyl (C=O) groups is 1. The minimum Gasteiger partial charge on any atom is -0.424 e. The minimum absolute atomic E-state index is 0.209. The molecule has 2 rings (SSSR count). The van der Waals surface area contributed by atoms with E-state index in [1.165, 1.54) is 6.07 Å². The average molecular weight is 302 g/mol. The molecule has 0 aliphatic carbocycles. The topological polar surface area (TPSA) is 39.4 Å². The van der Waals surface area contributed by atoms with E-state index in [1.54, 1.807) is 24.3 Å². The Labute approximate surface area is 105 Å². The van der Waals surface area contributed by atoms with Crippen molar-refractivity contribution in [1.29, 1.82) is 0 Å². The summed E-state index contributed by atoms with van der Waals surface area (Å²) < 4.78 is 11.3. The second kappa shape index (κ2) is 4.72. The normalized spacial score (nSPS) is 10.1. The highest BCUT2D eigenvalue weighted by molar-refractivity contribution is 9.10. The lowest BCUT2D eigenvalue weighted by Gasteiger charge is -2.04. The largest absolute Gasteiger partial charge is 0.424 e. The van der Waals surface area contributed by atoms with Gasteiger partial charge in [-0.25, -0.2) is 0 Å². The van der Waals surface area contributed by atoms with Crippen LogP contribution in [0.15, 0.2) is 39.2 Å². The molecule has 0 atom stereocenters. The van der Waals surface area contributed by atoms with E-state index in [9.17, 15) is 4.79 Å². The monoisotopic (exact) mass is 300 g/mol. The summed E-state index contributed by atoms with van der Waals surface area (Å²) in [6, 6.07) is 8.29. The molecule has 5 heteroatoms. The molecule has 1 heterocycles. The average Bonchev–Trinajstić information content (AvgIpc) is 2.71. The zero-order valence-corrected chi connectivity index (χ0v) is 10.3. The zero-order chi connectivity index (χ0) is 11.5. The smallest absolute Gasteiger partial charge is 0.290 e. The molecular weight excluding hydrogens is 295 g/mol. The number of aldehydes is 1. The minimum atomic E-state index is 0.209. The molecule has 0 saturated heterocycles. The molecule has 0 fully saturated rings. The third kappa shape index (κ3) is 2.46. The van der Waals surface area contributed by atoms with Gasteiger partial charge in [0.05, 0.1) is 5.02 Å². The Morgan fingerprint density at radius 2 is 2.12 bits per heavy atom. The Morgan fingerprint density at radius 1 is 1.31 bits per heavy atom. The van der Waals surface area contributed by atoms with Crippen molar-refractivity contribution in [3.05, 3.63) is 45.6 Å². The molecule has 0 saturated carbocycles. The van der Waals surface area contributed by atoms with Crippen LogP contribution in [0.25, 0.3) is 0 Å². The van der Waals surface area contributed by atoms with Crippen LogP contribution in [0.1, 0.15) is 10.6 Å². The number of ether oxygens (including phenoxy) is 1. The van der Waals surface area contributed by atoms with Crippen molar-refractivity contribution < 1.29 is 13.9 Å². The quantitative estimate of drug-likeness (QED) is 0.793. The van der Waals surface area contributed by atoms with Crippen LogP contribution < -0.4 is 4.74 Å². The van der Waals surface area contributed by atoms with Gasteiger partial charge < -0.3 is 9.15 Å². The second-order valence-corrected chi connectivity index (χ2v) is 4.27. The van der Waals surface area contributed by atoms with E-state index in [4.69, 9.17) is 20.8 Å². The first kappa shape index (κ1) is 11.2. The number of hydrogen-bond donors (Lipinski definition) is 0. The van der Waals surface area contributed by atoms with Crippen LogP contribution in [-0.2, 0) is 0 Å². The van der Waals surface area contributed by atoms with Gasteiger partial charge in [0.2, 0.25) is 0 Å². The second-order valence-electron chi connectivity index (χ2n) is 2.95. The molecule has 0 unspecified atom stereocenters. The van der Waals surface area contributed by atoms with Gasteiger partial charge in [0.15, 0.2) is 17.8 Å². The summed E-state index contributed by atoms with van der Waals surface area (Å²) in [6.07, 6.45) is 0.607. The van der Waals surface area contributed by atoms with E-state index in [-0.39, 0.29) is 11.7 Å². The molecule has 1 aromatic heterocycles. The molecule has 0 amide bonds. The van der Waals surface area contributed by atoms with Crippen molar-refractivity contribution in [2.45, 2.75) is 0 Å². The molecule has 2 aromatic rings. The molecule has 3 nitrogen and oxygen atoms in total. The molecule has 0 bridgehead atoms. The summed E-state index contributed by atoms with van der Waals surface area (Å²) in [4.78, 5) is 10.4. The predicted molar refractivity (Wildman–Crippen MR) is 63.3 cm³/mol. The highest BCUT2D eigenvalue weighted by Crippen LogP contribution is 2.32. The van der Waals surface area contributed by atoms with Crippen molar-refractivity contribution in [2.24, 2.45) is 0 Å². The van der Waals surface area contributed by atoms with Gasteiger partial charge in [-0.2, -0.15) is 0 Å². The maximum Gasteiger partial charge on any atom is 0.290 e. The van der Waals surface area contributed by atoms with Gasteiger partial charge in [0, 0.05) is 10.5 Å². The summed E-state index contributed by atoms with van der Waals surface area (Å²) in [5, 5.41) is 0.465. The lowest BCUT2D eigenvalue weighted by atomic mass is 10.3. The van der Waals surface area contributed by atoms with E-state index >= 15 is 0 Å². The Kier molecular flexibility index (Phi) is 3.31. The van der Waals surface area contributed by atoms with E-state index < -0.39 is 0 Å². The fourth-order valence-corrected chi connectivity index (χ4v) is 1.61. The van der Waals surface area contributed by atoms with Crippen molar-refractivity contribution in [1.82, 2.24) is 0 Å². The summed E-state index contributed by atoms with van der Waals surface area (Å²) in [5.74, 6) is 0.894. The van der Waals surface area contributed by atoms with Crippen LogP contribution in [-0.4, -0.2) is 6.29 Å². The maximum atomic E-state index is 10.4. The van der Waals surface area contributed by atoms with Crippen molar-refractivity contribution >= 4 is 33.8 Å². The fraction of sp³-hybridized carbons (Fsp3) is 0. The Hall–Kier alpha value is -1.26. The molecule has 1 aromatic carbocycles. The first-order valence-corrected chi connectivity index (χ1v) is 5.54. The van der Waals surface area contributed by atoms with E-state index in [2.05, 4.69) is 15.9 Å². The first-order chi connectivity index (χ1) is 7.69. The van der Waals surface area contributed by atoms with Crippen molar-refractivity contribution in [3.8, 4) is 11.7 Å². The molecule has 0 aliphatic rings. The van der Waals surface area contributed by atoms with Gasteiger partial charge >= 0.3 is 0 Å². The van der Waals surface area contributed by atoms with Gasteiger partial charge in [-0.3, -0.25) is 4.79 Å². The summed E-state index contributed by atoms with van der Waals surface area (Å²) in [5.41, 5.74) is 0. The number of carbonyl (C=O) groups excluding carboxylic acids is 1. The number of hydrogen-bond acceptors (Lipinski definition) is 3. The summed E-state index contributed by atoms with van der Waals surface area (Å²) in [7, 11) is 0. The third-order valence-electron chi connectivity index (χ3n) is 1.82. The predicted octanol–water partition coefficient (Wildman–Crippen LogP) is 4.30. The van der Waals surface area contributed by atoms with Crippen LogP contribution in [0, 0.1) is 0 Å². The van der Waals surface area contributed by atoms with Gasteiger partial charge in [0.25, 0.3) is 5.95 Å². The first-order valence-electron chi connectivity index (χ1n) is 4.37. The molecule has 0 spiro atoms. The lowest BCUT2D eigenvalue weighted by molar-refractivity contribution is 0.109. The zero-order valence-electron chi connectivity index (χ0n) is 7.94. The standard InChI is InChI=1S/C11H6BrClO3/c12-7-1-3-9(13)10(5-7)16-11-4-2-8(6-14)15-11/h1-6H. The van der Waals surface area contributed by atoms with Gasteiger partial charge in [0.1, 0.15) is 0 Å². The number of halogens is 2. The molecule has 82 valence electrons. The summed E-state index contributed by atoms with van der Waals surface area (Å²) in [6.45, 7) is 0.